The molecule has 1 fully saturated rings. The highest BCUT2D eigenvalue weighted by Crippen LogP contribution is 2.19. The second-order valence-electron chi connectivity index (χ2n) is 5.77. The summed E-state index contributed by atoms with van der Waals surface area (Å²) in [6.07, 6.45) is 11.6. The molecular formula is C15H28N2O. The minimum Gasteiger partial charge on any atom is -0.301 e. The minimum atomic E-state index is 0.695. The van der Waals surface area contributed by atoms with E-state index >= 15 is 0 Å². The van der Waals surface area contributed by atoms with Crippen molar-refractivity contribution in [3.8, 4) is 0 Å². The molecule has 0 bridgehead atoms. The first-order valence-electron chi connectivity index (χ1n) is 7.65. The topological polar surface area (TPSA) is 24.5 Å². The summed E-state index contributed by atoms with van der Waals surface area (Å²) < 4.78 is 0. The molecule has 0 aromatic rings. The molecule has 0 amide bonds. The van der Waals surface area contributed by atoms with Crippen molar-refractivity contribution in [2.24, 2.45) is 5.92 Å². The van der Waals surface area contributed by atoms with Crippen LogP contribution in [0.15, 0.2) is 11.8 Å². The number of hydrogen-bond donors (Lipinski definition) is 1. The van der Waals surface area contributed by atoms with Gasteiger partial charge in [-0.3, -0.25) is 10.3 Å². The SMILES string of the molecule is CC1C=C(NOCCN2CCCCC2)CCCC1. The van der Waals surface area contributed by atoms with Crippen molar-refractivity contribution in [2.45, 2.75) is 51.9 Å². The maximum atomic E-state index is 5.62. The summed E-state index contributed by atoms with van der Waals surface area (Å²) in [6.45, 7) is 6.66. The molecule has 2 rings (SSSR count). The van der Waals surface area contributed by atoms with Crippen LogP contribution in [0.25, 0.3) is 0 Å². The van der Waals surface area contributed by atoms with Gasteiger partial charge in [0.2, 0.25) is 0 Å². The fourth-order valence-electron chi connectivity index (χ4n) is 2.88. The molecule has 3 nitrogen and oxygen atoms in total. The molecule has 0 radical (unpaired) electrons. The number of allylic oxidation sites excluding steroid dienone is 2. The van der Waals surface area contributed by atoms with E-state index in [-0.39, 0.29) is 0 Å². The van der Waals surface area contributed by atoms with E-state index in [1.807, 2.05) is 0 Å². The minimum absolute atomic E-state index is 0.695. The van der Waals surface area contributed by atoms with Gasteiger partial charge < -0.3 is 4.90 Å². The van der Waals surface area contributed by atoms with Crippen molar-refractivity contribution >= 4 is 0 Å². The predicted molar refractivity (Wildman–Crippen MR) is 75.1 cm³/mol. The van der Waals surface area contributed by atoms with E-state index in [2.05, 4.69) is 23.4 Å². The van der Waals surface area contributed by atoms with Gasteiger partial charge in [-0.2, -0.15) is 0 Å². The van der Waals surface area contributed by atoms with Crippen molar-refractivity contribution in [2.75, 3.05) is 26.2 Å². The van der Waals surface area contributed by atoms with Crippen molar-refractivity contribution in [1.82, 2.24) is 10.4 Å². The molecular weight excluding hydrogens is 224 g/mol. The average Bonchev–Trinajstić information content (AvgIpc) is 2.60. The number of piperidine rings is 1. The quantitative estimate of drug-likeness (QED) is 0.601. The highest BCUT2D eigenvalue weighted by atomic mass is 16.6. The first kappa shape index (κ1) is 13.9. The number of nitrogens with one attached hydrogen (secondary N) is 1. The molecule has 18 heavy (non-hydrogen) atoms. The third-order valence-electron chi connectivity index (χ3n) is 4.00. The van der Waals surface area contributed by atoms with Crippen molar-refractivity contribution < 1.29 is 4.84 Å². The zero-order valence-corrected chi connectivity index (χ0v) is 11.8. The van der Waals surface area contributed by atoms with Crippen LogP contribution in [0.5, 0.6) is 0 Å². The molecule has 0 aromatic heterocycles. The molecule has 1 aliphatic carbocycles. The van der Waals surface area contributed by atoms with Crippen LogP contribution in [0.3, 0.4) is 0 Å². The third-order valence-corrected chi connectivity index (χ3v) is 4.00. The highest BCUT2D eigenvalue weighted by molar-refractivity contribution is 5.01. The third kappa shape index (κ3) is 4.99. The van der Waals surface area contributed by atoms with Crippen LogP contribution in [-0.2, 0) is 4.84 Å². The Bertz CT molecular complexity index is 259. The van der Waals surface area contributed by atoms with Gasteiger partial charge in [0, 0.05) is 12.2 Å². The van der Waals surface area contributed by atoms with Crippen molar-refractivity contribution in [1.29, 1.82) is 0 Å². The lowest BCUT2D eigenvalue weighted by atomic mass is 10.1. The van der Waals surface area contributed by atoms with Gasteiger partial charge in [-0.15, -0.1) is 0 Å². The highest BCUT2D eigenvalue weighted by Gasteiger charge is 2.10. The van der Waals surface area contributed by atoms with Crippen molar-refractivity contribution in [3.63, 3.8) is 0 Å². The van der Waals surface area contributed by atoms with Crippen LogP contribution >= 0.6 is 0 Å². The molecule has 1 unspecified atom stereocenters. The molecule has 1 N–H and O–H groups in total. The number of hydrogen-bond acceptors (Lipinski definition) is 3. The summed E-state index contributed by atoms with van der Waals surface area (Å²) in [7, 11) is 0. The van der Waals surface area contributed by atoms with Crippen LogP contribution in [0.4, 0.5) is 0 Å². The summed E-state index contributed by atoms with van der Waals surface area (Å²) >= 11 is 0. The van der Waals surface area contributed by atoms with Crippen molar-refractivity contribution in [3.05, 3.63) is 11.8 Å². The number of nitrogens with zero attached hydrogens (tertiary/aromatic N) is 1. The Kier molecular flexibility index (Phi) is 6.01. The lowest BCUT2D eigenvalue weighted by molar-refractivity contribution is 0.0391. The number of hydroxylamine groups is 1. The van der Waals surface area contributed by atoms with E-state index in [4.69, 9.17) is 4.84 Å². The first-order chi connectivity index (χ1) is 8.84. The van der Waals surface area contributed by atoms with Gasteiger partial charge in [-0.05, 0) is 51.1 Å². The normalized spacial score (nSPS) is 26.5. The summed E-state index contributed by atoms with van der Waals surface area (Å²) in [5.74, 6) is 0.695. The van der Waals surface area contributed by atoms with Gasteiger partial charge in [-0.1, -0.05) is 25.8 Å². The molecule has 3 heteroatoms. The van der Waals surface area contributed by atoms with Crippen LogP contribution in [-0.4, -0.2) is 31.1 Å². The molecule has 0 saturated carbocycles. The lowest BCUT2D eigenvalue weighted by Crippen LogP contribution is -2.33. The van der Waals surface area contributed by atoms with Gasteiger partial charge in [0.1, 0.15) is 0 Å². The second-order valence-corrected chi connectivity index (χ2v) is 5.77. The summed E-state index contributed by atoms with van der Waals surface area (Å²) in [4.78, 5) is 8.13. The van der Waals surface area contributed by atoms with E-state index in [9.17, 15) is 0 Å². The van der Waals surface area contributed by atoms with Gasteiger partial charge in [0.15, 0.2) is 0 Å². The van der Waals surface area contributed by atoms with E-state index in [1.54, 1.807) is 0 Å². The molecule has 0 aromatic carbocycles. The van der Waals surface area contributed by atoms with E-state index in [1.165, 1.54) is 57.3 Å². The average molecular weight is 252 g/mol. The molecule has 1 heterocycles. The molecule has 104 valence electrons. The van der Waals surface area contributed by atoms with Crippen LogP contribution in [0.2, 0.25) is 0 Å². The summed E-state index contributed by atoms with van der Waals surface area (Å²) in [6, 6.07) is 0. The molecule has 1 saturated heterocycles. The Hall–Kier alpha value is -0.540. The number of rotatable bonds is 5. The molecule has 1 atom stereocenters. The first-order valence-corrected chi connectivity index (χ1v) is 7.65. The zero-order valence-electron chi connectivity index (χ0n) is 11.8. The lowest BCUT2D eigenvalue weighted by Gasteiger charge is -2.26. The monoisotopic (exact) mass is 252 g/mol. The van der Waals surface area contributed by atoms with E-state index in [0.717, 1.165) is 19.6 Å². The summed E-state index contributed by atoms with van der Waals surface area (Å²) in [5, 5.41) is 0. The number of likely N-dealkylation sites (tertiary alicyclic amines) is 1. The maximum absolute atomic E-state index is 5.62. The second kappa shape index (κ2) is 7.80. The molecule has 1 aliphatic heterocycles. The maximum Gasteiger partial charge on any atom is 0.0872 e. The molecule has 0 spiro atoms. The Morgan fingerprint density at radius 3 is 2.89 bits per heavy atom. The molecule has 2 aliphatic rings. The van der Waals surface area contributed by atoms with Gasteiger partial charge in [0.05, 0.1) is 6.61 Å². The Morgan fingerprint density at radius 1 is 1.22 bits per heavy atom. The predicted octanol–water partition coefficient (Wildman–Crippen LogP) is 3.09. The fourth-order valence-corrected chi connectivity index (χ4v) is 2.88. The smallest absolute Gasteiger partial charge is 0.0872 e. The Balaban J connectivity index is 1.59. The standard InChI is InChI=1S/C15H28N2O/c1-14-7-3-4-8-15(13-14)16-18-12-11-17-9-5-2-6-10-17/h13-14,16H,2-12H2,1H3. The van der Waals surface area contributed by atoms with E-state index < -0.39 is 0 Å². The van der Waals surface area contributed by atoms with Crippen LogP contribution in [0, 0.1) is 5.92 Å². The van der Waals surface area contributed by atoms with Gasteiger partial charge >= 0.3 is 0 Å². The zero-order chi connectivity index (χ0) is 12.6. The Morgan fingerprint density at radius 2 is 2.06 bits per heavy atom. The fraction of sp³-hybridized carbons (Fsp3) is 0.867. The van der Waals surface area contributed by atoms with Gasteiger partial charge in [-0.25, -0.2) is 0 Å². The van der Waals surface area contributed by atoms with Crippen LogP contribution < -0.4 is 5.48 Å². The Labute approximate surface area is 112 Å². The van der Waals surface area contributed by atoms with Crippen LogP contribution in [0.1, 0.15) is 51.9 Å². The van der Waals surface area contributed by atoms with E-state index in [0.29, 0.717) is 5.92 Å². The summed E-state index contributed by atoms with van der Waals surface area (Å²) in [5.41, 5.74) is 4.46. The van der Waals surface area contributed by atoms with Gasteiger partial charge in [0.25, 0.3) is 0 Å². The largest absolute Gasteiger partial charge is 0.301 e.